The van der Waals surface area contributed by atoms with Gasteiger partial charge in [0.25, 0.3) is 5.56 Å². The molecule has 0 aromatic heterocycles. The Bertz CT molecular complexity index is 1190. The zero-order valence-corrected chi connectivity index (χ0v) is 20.8. The van der Waals surface area contributed by atoms with Crippen molar-refractivity contribution >= 4 is 17.7 Å². The van der Waals surface area contributed by atoms with Gasteiger partial charge in [-0.15, -0.1) is 5.10 Å². The van der Waals surface area contributed by atoms with Gasteiger partial charge in [0.1, 0.15) is 5.56 Å². The van der Waals surface area contributed by atoms with E-state index in [1.807, 2.05) is 37.3 Å². The maximum atomic E-state index is 13.4. The number of nitrogens with zero attached hydrogens (tertiary/aromatic N) is 4. The van der Waals surface area contributed by atoms with Gasteiger partial charge in [0.05, 0.1) is 10.9 Å². The van der Waals surface area contributed by atoms with Crippen molar-refractivity contribution < 1.29 is 4.79 Å². The van der Waals surface area contributed by atoms with Crippen LogP contribution in [0.25, 0.3) is 17.1 Å². The van der Waals surface area contributed by atoms with Crippen molar-refractivity contribution in [3.05, 3.63) is 46.4 Å². The number of para-hydroxylation sites is 1. The predicted octanol–water partition coefficient (Wildman–Crippen LogP) is 4.44. The Balaban J connectivity index is 1.48. The Morgan fingerprint density at radius 2 is 1.91 bits per heavy atom. The summed E-state index contributed by atoms with van der Waals surface area (Å²) < 4.78 is 3.63. The van der Waals surface area contributed by atoms with Gasteiger partial charge in [-0.2, -0.15) is 4.68 Å². The molecule has 3 unspecified atom stereocenters. The standard InChI is InChI=1S/C26H33N5O2S/c1-17-11-8-9-14-20(17)27-24(32)18(2)34-26-28-23-22(21-15-7-4-10-16-30(21)26)25(33)31(29-23)19-12-5-3-6-13-19/h3,5-6,12-13,17-18,20H,4,7-11,14-16H2,1-2H3,(H,27,32). The van der Waals surface area contributed by atoms with Crippen LogP contribution in [0, 0.1) is 5.92 Å². The van der Waals surface area contributed by atoms with Gasteiger partial charge in [0.15, 0.2) is 11.0 Å². The summed E-state index contributed by atoms with van der Waals surface area (Å²) in [7, 11) is 0. The summed E-state index contributed by atoms with van der Waals surface area (Å²) in [4.78, 5) is 31.3. The van der Waals surface area contributed by atoms with Crippen LogP contribution >= 0.6 is 11.8 Å². The van der Waals surface area contributed by atoms with Crippen molar-refractivity contribution in [1.29, 1.82) is 0 Å². The van der Waals surface area contributed by atoms with Crippen molar-refractivity contribution in [2.75, 3.05) is 0 Å². The minimum Gasteiger partial charge on any atom is -0.352 e. The van der Waals surface area contributed by atoms with Crippen LogP contribution in [0.1, 0.15) is 64.5 Å². The number of thioether (sulfide) groups is 1. The number of benzene rings is 1. The van der Waals surface area contributed by atoms with E-state index in [9.17, 15) is 9.59 Å². The maximum Gasteiger partial charge on any atom is 0.284 e. The van der Waals surface area contributed by atoms with Crippen molar-refractivity contribution in [2.24, 2.45) is 5.92 Å². The van der Waals surface area contributed by atoms with Crippen LogP contribution in [-0.2, 0) is 17.8 Å². The minimum atomic E-state index is -0.276. The Labute approximate surface area is 204 Å². The summed E-state index contributed by atoms with van der Waals surface area (Å²) in [6.07, 6.45) is 8.68. The predicted molar refractivity (Wildman–Crippen MR) is 135 cm³/mol. The summed E-state index contributed by atoms with van der Waals surface area (Å²) in [6, 6.07) is 9.75. The summed E-state index contributed by atoms with van der Waals surface area (Å²) in [5.74, 6) is 1.05. The van der Waals surface area contributed by atoms with E-state index < -0.39 is 0 Å². The van der Waals surface area contributed by atoms with E-state index in [1.54, 1.807) is 0 Å². The molecule has 0 spiro atoms. The summed E-state index contributed by atoms with van der Waals surface area (Å²) in [5.41, 5.74) is 2.24. The molecule has 34 heavy (non-hydrogen) atoms. The molecule has 1 saturated carbocycles. The third-order valence-corrected chi connectivity index (χ3v) is 8.35. The maximum absolute atomic E-state index is 13.4. The van der Waals surface area contributed by atoms with Crippen LogP contribution in [0.3, 0.4) is 0 Å². The number of amides is 1. The number of aromatic nitrogens is 4. The quantitative estimate of drug-likeness (QED) is 0.432. The first-order valence-electron chi connectivity index (χ1n) is 12.6. The Hall–Kier alpha value is -2.61. The second kappa shape index (κ2) is 9.94. The van der Waals surface area contributed by atoms with Crippen molar-refractivity contribution in [2.45, 2.75) is 88.2 Å². The summed E-state index contributed by atoms with van der Waals surface area (Å²) in [6.45, 7) is 4.99. The Morgan fingerprint density at radius 3 is 2.71 bits per heavy atom. The molecule has 1 aromatic rings. The average molecular weight is 480 g/mol. The van der Waals surface area contributed by atoms with E-state index >= 15 is 0 Å². The van der Waals surface area contributed by atoms with Gasteiger partial charge in [0.2, 0.25) is 5.91 Å². The zero-order chi connectivity index (χ0) is 23.7. The van der Waals surface area contributed by atoms with Crippen LogP contribution < -0.4 is 10.9 Å². The molecular formula is C26H33N5O2S. The lowest BCUT2D eigenvalue weighted by atomic mass is 9.86. The minimum absolute atomic E-state index is 0.0629. The number of hydrogen-bond acceptors (Lipinski definition) is 5. The molecule has 1 aliphatic carbocycles. The number of carbonyl (C=O) groups is 1. The molecule has 0 radical (unpaired) electrons. The van der Waals surface area contributed by atoms with E-state index in [-0.39, 0.29) is 22.8 Å². The Kier molecular flexibility index (Phi) is 6.77. The lowest BCUT2D eigenvalue weighted by Crippen LogP contribution is -2.44. The number of rotatable bonds is 5. The van der Waals surface area contributed by atoms with Gasteiger partial charge >= 0.3 is 0 Å². The molecule has 5 rings (SSSR count). The first kappa shape index (κ1) is 23.1. The smallest absolute Gasteiger partial charge is 0.284 e. The zero-order valence-electron chi connectivity index (χ0n) is 20.0. The normalized spacial score (nSPS) is 21.6. The molecule has 1 N–H and O–H groups in total. The van der Waals surface area contributed by atoms with Crippen LogP contribution in [0.15, 0.2) is 40.3 Å². The lowest BCUT2D eigenvalue weighted by Gasteiger charge is -2.30. The summed E-state index contributed by atoms with van der Waals surface area (Å²) >= 11 is 1.48. The third kappa shape index (κ3) is 4.52. The summed E-state index contributed by atoms with van der Waals surface area (Å²) in [5, 5.41) is 8.39. The highest BCUT2D eigenvalue weighted by Crippen LogP contribution is 2.32. The molecule has 0 bridgehead atoms. The molecule has 0 saturated heterocycles. The topological polar surface area (TPSA) is 81.8 Å². The van der Waals surface area contributed by atoms with E-state index in [0.29, 0.717) is 17.3 Å². The molecule has 3 atom stereocenters. The molecule has 1 fully saturated rings. The van der Waals surface area contributed by atoms with Crippen LogP contribution in [0.5, 0.6) is 0 Å². The largest absolute Gasteiger partial charge is 0.352 e. The molecule has 1 amide bonds. The fourth-order valence-electron chi connectivity index (χ4n) is 5.23. The molecular weight excluding hydrogens is 446 g/mol. The molecule has 3 heterocycles. The fourth-order valence-corrected chi connectivity index (χ4v) is 6.19. The van der Waals surface area contributed by atoms with Gasteiger partial charge in [-0.25, -0.2) is 4.98 Å². The number of carbonyl (C=O) groups excluding carboxylic acids is 1. The molecule has 8 heteroatoms. The lowest BCUT2D eigenvalue weighted by molar-refractivity contribution is -0.121. The second-order valence-corrected chi connectivity index (χ2v) is 11.0. The number of fused-ring (bicyclic) bond motifs is 3. The van der Waals surface area contributed by atoms with Crippen LogP contribution in [0.2, 0.25) is 0 Å². The number of hydrogen-bond donors (Lipinski definition) is 1. The van der Waals surface area contributed by atoms with Gasteiger partial charge in [-0.3, -0.25) is 9.59 Å². The van der Waals surface area contributed by atoms with Crippen LogP contribution in [0.4, 0.5) is 0 Å². The molecule has 1 aromatic carbocycles. The molecule has 4 aliphatic rings. The highest BCUT2D eigenvalue weighted by molar-refractivity contribution is 8.00. The average Bonchev–Trinajstić information content (AvgIpc) is 3.01. The van der Waals surface area contributed by atoms with Crippen molar-refractivity contribution in [3.63, 3.8) is 0 Å². The van der Waals surface area contributed by atoms with E-state index in [2.05, 4.69) is 21.9 Å². The van der Waals surface area contributed by atoms with Crippen molar-refractivity contribution in [1.82, 2.24) is 24.6 Å². The molecule has 180 valence electrons. The Morgan fingerprint density at radius 1 is 1.12 bits per heavy atom. The molecule has 3 aliphatic heterocycles. The van der Waals surface area contributed by atoms with Crippen LogP contribution in [-0.4, -0.2) is 36.5 Å². The molecule has 7 nitrogen and oxygen atoms in total. The fraction of sp³-hybridized carbons (Fsp3) is 0.538. The van der Waals surface area contributed by atoms with Crippen molar-refractivity contribution in [3.8, 4) is 17.1 Å². The highest BCUT2D eigenvalue weighted by atomic mass is 32.2. The SMILES string of the molecule is CC(Sc1nc2nn(-c3ccccc3)c(=O)c-2c2n1CCCCC2)C(=O)NC1CCCCC1C. The van der Waals surface area contributed by atoms with Gasteiger partial charge in [-0.05, 0) is 57.1 Å². The highest BCUT2D eigenvalue weighted by Gasteiger charge is 2.30. The van der Waals surface area contributed by atoms with E-state index in [1.165, 1.54) is 35.7 Å². The third-order valence-electron chi connectivity index (χ3n) is 7.26. The first-order valence-corrected chi connectivity index (χ1v) is 13.5. The van der Waals surface area contributed by atoms with Gasteiger partial charge < -0.3 is 9.88 Å². The van der Waals surface area contributed by atoms with Gasteiger partial charge in [0, 0.05) is 18.3 Å². The van der Waals surface area contributed by atoms with Gasteiger partial charge in [-0.1, -0.05) is 56.1 Å². The van der Waals surface area contributed by atoms with E-state index in [4.69, 9.17) is 4.98 Å². The number of nitrogens with one attached hydrogen (secondary N) is 1. The second-order valence-electron chi connectivity index (χ2n) is 9.69. The van der Waals surface area contributed by atoms with E-state index in [0.717, 1.165) is 55.2 Å². The monoisotopic (exact) mass is 479 g/mol. The first-order chi connectivity index (χ1) is 16.5.